The van der Waals surface area contributed by atoms with Crippen molar-refractivity contribution in [3.05, 3.63) is 0 Å². The third kappa shape index (κ3) is 12.2. The van der Waals surface area contributed by atoms with Gasteiger partial charge >= 0.3 is 21.0 Å². The van der Waals surface area contributed by atoms with E-state index in [0.717, 1.165) is 32.7 Å². The third-order valence-corrected chi connectivity index (χ3v) is 3.79. The Morgan fingerprint density at radius 3 is 1.96 bits per heavy atom. The summed E-state index contributed by atoms with van der Waals surface area (Å²) in [5.41, 5.74) is 0. The maximum Gasteiger partial charge on any atom is 0.554 e. The van der Waals surface area contributed by atoms with Gasteiger partial charge in [0.25, 0.3) is 0 Å². The van der Waals surface area contributed by atoms with Gasteiger partial charge in [-0.2, -0.15) is 0 Å². The van der Waals surface area contributed by atoms with Gasteiger partial charge in [-0.05, 0) is 27.0 Å². The van der Waals surface area contributed by atoms with E-state index >= 15 is 0 Å². The first-order valence-electron chi connectivity index (χ1n) is 8.36. The molecule has 0 bridgehead atoms. The molecule has 142 valence electrons. The zero-order chi connectivity index (χ0) is 18.4. The molecule has 0 radical (unpaired) electrons. The Bertz CT molecular complexity index is 304. The Morgan fingerprint density at radius 1 is 0.917 bits per heavy atom. The maximum atomic E-state index is 9.87. The molecule has 1 unspecified atom stereocenters. The highest BCUT2D eigenvalue weighted by molar-refractivity contribution is 6.61. The summed E-state index contributed by atoms with van der Waals surface area (Å²) < 4.78 is 20.4. The van der Waals surface area contributed by atoms with Crippen molar-refractivity contribution in [3.8, 4) is 0 Å². The summed E-state index contributed by atoms with van der Waals surface area (Å²) in [5, 5.41) is 19.3. The standard InChI is InChI=1S/C12H34B3N4O5/c1-13(21-3)16-7-10-19(11-8-17-14(22-4)23-5)12-9-18-15(2,20)24-6/h16-18,20H,7-12H2,1-6H3/q-1. The highest BCUT2D eigenvalue weighted by atomic mass is 16.6. The van der Waals surface area contributed by atoms with Crippen LogP contribution in [-0.4, -0.2) is 98.6 Å². The lowest BCUT2D eigenvalue weighted by molar-refractivity contribution is 0.245. The summed E-state index contributed by atoms with van der Waals surface area (Å²) in [4.78, 5) is 2.26. The largest absolute Gasteiger partial charge is 0.570 e. The van der Waals surface area contributed by atoms with Gasteiger partial charge in [-0.15, -0.1) is 6.82 Å². The van der Waals surface area contributed by atoms with Gasteiger partial charge < -0.3 is 39.3 Å². The normalized spacial score (nSPS) is 14.0. The lowest BCUT2D eigenvalue weighted by Crippen LogP contribution is -2.53. The Balaban J connectivity index is 4.22. The van der Waals surface area contributed by atoms with Gasteiger partial charge in [0.1, 0.15) is 0 Å². The van der Waals surface area contributed by atoms with Gasteiger partial charge in [-0.3, -0.25) is 4.90 Å². The van der Waals surface area contributed by atoms with Crippen molar-refractivity contribution in [1.82, 2.24) is 20.6 Å². The summed E-state index contributed by atoms with van der Waals surface area (Å²) >= 11 is 0. The zero-order valence-electron chi connectivity index (χ0n) is 16.0. The fraction of sp³-hybridized carbons (Fsp3) is 1.00. The number of hydrogen-bond acceptors (Lipinski definition) is 9. The predicted molar refractivity (Wildman–Crippen MR) is 99.7 cm³/mol. The van der Waals surface area contributed by atoms with Crippen LogP contribution in [-0.2, 0) is 18.6 Å². The summed E-state index contributed by atoms with van der Waals surface area (Å²) in [5.74, 6) is 0. The number of nitrogens with one attached hydrogen (secondary N) is 3. The van der Waals surface area contributed by atoms with Crippen LogP contribution in [0.25, 0.3) is 0 Å². The molecule has 0 aliphatic carbocycles. The zero-order valence-corrected chi connectivity index (χ0v) is 16.0. The second-order valence-electron chi connectivity index (χ2n) is 5.76. The lowest BCUT2D eigenvalue weighted by Gasteiger charge is -2.32. The van der Waals surface area contributed by atoms with Crippen molar-refractivity contribution in [2.75, 3.05) is 67.7 Å². The summed E-state index contributed by atoms with van der Waals surface area (Å²) in [6, 6.07) is 0. The SMILES string of the molecule is COB(C)NCCN(CCNB(OC)OC)CCN[B-](C)(O)OC. The predicted octanol–water partition coefficient (Wildman–Crippen LogP) is -1.69. The molecule has 0 fully saturated rings. The monoisotopic (exact) mass is 347 g/mol. The van der Waals surface area contributed by atoms with Crippen molar-refractivity contribution < 1.29 is 23.6 Å². The molecule has 0 aromatic rings. The summed E-state index contributed by atoms with van der Waals surface area (Å²) in [6.07, 6.45) is 0. The summed E-state index contributed by atoms with van der Waals surface area (Å²) in [7, 11) is 5.96. The quantitative estimate of drug-likeness (QED) is 0.244. The third-order valence-electron chi connectivity index (χ3n) is 3.79. The van der Waals surface area contributed by atoms with Crippen LogP contribution in [0.3, 0.4) is 0 Å². The van der Waals surface area contributed by atoms with Crippen LogP contribution in [0.4, 0.5) is 0 Å². The van der Waals surface area contributed by atoms with Gasteiger partial charge in [0, 0.05) is 47.5 Å². The molecule has 0 aromatic heterocycles. The first kappa shape index (κ1) is 23.8. The summed E-state index contributed by atoms with van der Waals surface area (Å²) in [6.45, 7) is 6.24. The fourth-order valence-corrected chi connectivity index (χ4v) is 2.02. The second-order valence-corrected chi connectivity index (χ2v) is 5.76. The lowest BCUT2D eigenvalue weighted by atomic mass is 9.76. The number of hydrogen-bond donors (Lipinski definition) is 4. The van der Waals surface area contributed by atoms with Crippen LogP contribution < -0.4 is 15.7 Å². The van der Waals surface area contributed by atoms with E-state index in [1.165, 1.54) is 7.11 Å². The van der Waals surface area contributed by atoms with Crippen molar-refractivity contribution in [2.45, 2.75) is 13.6 Å². The molecular weight excluding hydrogens is 313 g/mol. The Morgan fingerprint density at radius 2 is 1.46 bits per heavy atom. The molecule has 24 heavy (non-hydrogen) atoms. The van der Waals surface area contributed by atoms with E-state index in [-0.39, 0.29) is 7.05 Å². The minimum atomic E-state index is -1.95. The van der Waals surface area contributed by atoms with Gasteiger partial charge in [0.2, 0.25) is 0 Å². The minimum Gasteiger partial charge on any atom is -0.570 e. The molecule has 0 spiro atoms. The van der Waals surface area contributed by atoms with Crippen LogP contribution in [0, 0.1) is 0 Å². The van der Waals surface area contributed by atoms with E-state index in [1.807, 2.05) is 6.82 Å². The Hall–Kier alpha value is -0.165. The van der Waals surface area contributed by atoms with Crippen molar-refractivity contribution in [2.24, 2.45) is 0 Å². The van der Waals surface area contributed by atoms with Gasteiger partial charge in [0.05, 0.1) is 0 Å². The van der Waals surface area contributed by atoms with Gasteiger partial charge in [0.15, 0.2) is 0 Å². The van der Waals surface area contributed by atoms with Crippen LogP contribution in [0.2, 0.25) is 13.6 Å². The van der Waals surface area contributed by atoms with E-state index in [2.05, 4.69) is 20.6 Å². The van der Waals surface area contributed by atoms with Gasteiger partial charge in [-0.1, -0.05) is 0 Å². The molecule has 0 saturated heterocycles. The smallest absolute Gasteiger partial charge is 0.554 e. The van der Waals surface area contributed by atoms with E-state index in [1.54, 1.807) is 28.2 Å². The van der Waals surface area contributed by atoms with Crippen LogP contribution in [0.5, 0.6) is 0 Å². The first-order valence-corrected chi connectivity index (χ1v) is 8.36. The highest BCUT2D eigenvalue weighted by Crippen LogP contribution is 1.93. The average molecular weight is 347 g/mol. The van der Waals surface area contributed by atoms with Crippen molar-refractivity contribution in [3.63, 3.8) is 0 Å². The molecule has 0 amide bonds. The van der Waals surface area contributed by atoms with Crippen molar-refractivity contribution in [1.29, 1.82) is 0 Å². The topological polar surface area (TPSA) is 96.5 Å². The van der Waals surface area contributed by atoms with Crippen molar-refractivity contribution >= 4 is 21.0 Å². The average Bonchev–Trinajstić information content (AvgIpc) is 2.57. The van der Waals surface area contributed by atoms with E-state index in [4.69, 9.17) is 18.6 Å². The van der Waals surface area contributed by atoms with Gasteiger partial charge in [-0.25, -0.2) is 0 Å². The molecule has 0 aliphatic rings. The molecule has 4 N–H and O–H groups in total. The van der Waals surface area contributed by atoms with E-state index < -0.39 is 13.9 Å². The molecule has 0 aliphatic heterocycles. The molecule has 0 heterocycles. The number of nitrogens with zero attached hydrogens (tertiary/aromatic N) is 1. The van der Waals surface area contributed by atoms with E-state index in [0.29, 0.717) is 6.54 Å². The van der Waals surface area contributed by atoms with Crippen LogP contribution in [0.15, 0.2) is 0 Å². The van der Waals surface area contributed by atoms with Crippen LogP contribution >= 0.6 is 0 Å². The second kappa shape index (κ2) is 14.1. The molecule has 0 aromatic carbocycles. The molecule has 1 atom stereocenters. The minimum absolute atomic E-state index is 0.0204. The fourth-order valence-electron chi connectivity index (χ4n) is 2.02. The molecular formula is C12H34B3N4O5-. The Labute approximate surface area is 147 Å². The van der Waals surface area contributed by atoms with E-state index in [9.17, 15) is 5.02 Å². The Kier molecular flexibility index (Phi) is 14.0. The molecule has 12 heteroatoms. The van der Waals surface area contributed by atoms with Crippen LogP contribution in [0.1, 0.15) is 0 Å². The molecule has 0 rings (SSSR count). The highest BCUT2D eigenvalue weighted by Gasteiger charge is 2.16. The number of rotatable bonds is 16. The maximum absolute atomic E-state index is 9.87. The molecule has 0 saturated carbocycles. The molecule has 9 nitrogen and oxygen atoms in total. The first-order chi connectivity index (χ1) is 11.4.